The Morgan fingerprint density at radius 1 is 0.533 bits per heavy atom. The molecule has 0 aromatic heterocycles. The Balaban J connectivity index is 1.74. The van der Waals surface area contributed by atoms with E-state index in [1.165, 1.54) is 63.5 Å². The van der Waals surface area contributed by atoms with Crippen molar-refractivity contribution in [3.8, 4) is 0 Å². The Hall–Kier alpha value is 0.354. The standard InChI is InChI=1S/C26H54O2Si2/c1-25(2,3)21-11-15-23(16-12-21)27-29(7,8)19-20-30(9,10)28-24-17-13-22(14-18-24)26(4,5)6/h21-24H,11-20H2,1-10H3. The first-order chi connectivity index (χ1) is 13.6. The van der Waals surface area contributed by atoms with Gasteiger partial charge in [0.25, 0.3) is 0 Å². The highest BCUT2D eigenvalue weighted by atomic mass is 28.4. The zero-order chi connectivity index (χ0) is 22.8. The van der Waals surface area contributed by atoms with Crippen molar-refractivity contribution >= 4 is 16.6 Å². The Bertz CT molecular complexity index is 466. The van der Waals surface area contributed by atoms with Crippen LogP contribution in [0, 0.1) is 22.7 Å². The van der Waals surface area contributed by atoms with Gasteiger partial charge in [0.2, 0.25) is 0 Å². The van der Waals surface area contributed by atoms with Crippen molar-refractivity contribution in [2.75, 3.05) is 0 Å². The van der Waals surface area contributed by atoms with Gasteiger partial charge in [-0.25, -0.2) is 0 Å². The number of rotatable bonds is 7. The van der Waals surface area contributed by atoms with Crippen LogP contribution in [0.1, 0.15) is 92.9 Å². The highest BCUT2D eigenvalue weighted by Gasteiger charge is 2.37. The molecule has 4 heteroatoms. The van der Waals surface area contributed by atoms with Crippen LogP contribution in [0.5, 0.6) is 0 Å². The second-order valence-electron chi connectivity index (χ2n) is 13.9. The topological polar surface area (TPSA) is 18.5 Å². The summed E-state index contributed by atoms with van der Waals surface area (Å²) in [5.74, 6) is 1.74. The summed E-state index contributed by atoms with van der Waals surface area (Å²) in [4.78, 5) is 0. The maximum atomic E-state index is 6.78. The molecule has 30 heavy (non-hydrogen) atoms. The molecular weight excluding hydrogens is 400 g/mol. The molecule has 0 heterocycles. The van der Waals surface area contributed by atoms with E-state index in [4.69, 9.17) is 8.85 Å². The van der Waals surface area contributed by atoms with Crippen LogP contribution < -0.4 is 0 Å². The van der Waals surface area contributed by atoms with Gasteiger partial charge in [-0.15, -0.1) is 0 Å². The van der Waals surface area contributed by atoms with Crippen molar-refractivity contribution in [3.05, 3.63) is 0 Å². The summed E-state index contributed by atoms with van der Waals surface area (Å²) < 4.78 is 13.6. The average Bonchev–Trinajstić information content (AvgIpc) is 2.59. The van der Waals surface area contributed by atoms with Gasteiger partial charge in [-0.1, -0.05) is 41.5 Å². The molecule has 0 saturated heterocycles. The first kappa shape index (κ1) is 26.6. The lowest BCUT2D eigenvalue weighted by atomic mass is 9.72. The van der Waals surface area contributed by atoms with Crippen LogP contribution >= 0.6 is 0 Å². The molecule has 0 spiro atoms. The molecule has 2 fully saturated rings. The van der Waals surface area contributed by atoms with Crippen LogP contribution in [0.25, 0.3) is 0 Å². The third-order valence-corrected chi connectivity index (χ3v) is 13.4. The summed E-state index contributed by atoms with van der Waals surface area (Å²) in [6, 6.07) is 2.53. The van der Waals surface area contributed by atoms with Gasteiger partial charge in [0.1, 0.15) is 0 Å². The lowest BCUT2D eigenvalue weighted by Crippen LogP contribution is -2.43. The third-order valence-electron chi connectivity index (χ3n) is 8.10. The fourth-order valence-electron chi connectivity index (χ4n) is 5.72. The summed E-state index contributed by atoms with van der Waals surface area (Å²) in [6.07, 6.45) is 11.5. The van der Waals surface area contributed by atoms with Crippen molar-refractivity contribution in [2.45, 2.75) is 143 Å². The molecule has 0 N–H and O–H groups in total. The Morgan fingerprint density at radius 3 is 1.03 bits per heavy atom. The van der Waals surface area contributed by atoms with Crippen LogP contribution in [-0.4, -0.2) is 28.8 Å². The van der Waals surface area contributed by atoms with E-state index in [-0.39, 0.29) is 0 Å². The molecule has 0 bridgehead atoms. The molecule has 0 radical (unpaired) electrons. The Labute approximate surface area is 191 Å². The highest BCUT2D eigenvalue weighted by Crippen LogP contribution is 2.41. The van der Waals surface area contributed by atoms with E-state index >= 15 is 0 Å². The lowest BCUT2D eigenvalue weighted by Gasteiger charge is -2.41. The minimum atomic E-state index is -1.62. The van der Waals surface area contributed by atoms with Crippen LogP contribution in [0.2, 0.25) is 38.3 Å². The van der Waals surface area contributed by atoms with Crippen molar-refractivity contribution < 1.29 is 8.85 Å². The van der Waals surface area contributed by atoms with Crippen molar-refractivity contribution in [1.29, 1.82) is 0 Å². The van der Waals surface area contributed by atoms with E-state index in [1.54, 1.807) is 0 Å². The number of hydrogen-bond acceptors (Lipinski definition) is 2. The molecule has 2 nitrogen and oxygen atoms in total. The quantitative estimate of drug-likeness (QED) is 0.358. The molecule has 178 valence electrons. The predicted octanol–water partition coefficient (Wildman–Crippen LogP) is 8.64. The van der Waals surface area contributed by atoms with E-state index in [1.807, 2.05) is 0 Å². The van der Waals surface area contributed by atoms with Crippen molar-refractivity contribution in [1.82, 2.24) is 0 Å². The summed E-state index contributed by atoms with van der Waals surface area (Å²) in [7, 11) is -3.23. The summed E-state index contributed by atoms with van der Waals surface area (Å²) >= 11 is 0. The van der Waals surface area contributed by atoms with Crippen molar-refractivity contribution in [3.63, 3.8) is 0 Å². The Morgan fingerprint density at radius 2 is 0.800 bits per heavy atom. The largest absolute Gasteiger partial charge is 0.414 e. The molecule has 0 aromatic rings. The van der Waals surface area contributed by atoms with Gasteiger partial charge in [0.15, 0.2) is 16.6 Å². The van der Waals surface area contributed by atoms with Crippen molar-refractivity contribution in [2.24, 2.45) is 22.7 Å². The zero-order valence-electron chi connectivity index (χ0n) is 22.2. The van der Waals surface area contributed by atoms with Gasteiger partial charge < -0.3 is 8.85 Å². The minimum absolute atomic E-state index is 0.455. The second-order valence-corrected chi connectivity index (χ2v) is 22.4. The van der Waals surface area contributed by atoms with Gasteiger partial charge in [-0.05, 0) is 112 Å². The normalized spacial score (nSPS) is 29.8. The van der Waals surface area contributed by atoms with E-state index in [0.29, 0.717) is 23.0 Å². The monoisotopic (exact) mass is 454 g/mol. The van der Waals surface area contributed by atoms with E-state index in [2.05, 4.69) is 67.7 Å². The number of hydrogen-bond donors (Lipinski definition) is 0. The fourth-order valence-corrected chi connectivity index (χ4v) is 13.0. The maximum Gasteiger partial charge on any atom is 0.186 e. The molecule has 2 aliphatic carbocycles. The molecule has 0 aromatic carbocycles. The summed E-state index contributed by atoms with van der Waals surface area (Å²) in [5.41, 5.74) is 0.911. The molecule has 2 rings (SSSR count). The first-order valence-electron chi connectivity index (χ1n) is 12.9. The van der Waals surface area contributed by atoms with Crippen LogP contribution in [-0.2, 0) is 8.85 Å². The van der Waals surface area contributed by atoms with Gasteiger partial charge in [-0.2, -0.15) is 0 Å². The third kappa shape index (κ3) is 8.71. The van der Waals surface area contributed by atoms with E-state index in [9.17, 15) is 0 Å². The summed E-state index contributed by atoms with van der Waals surface area (Å²) in [5, 5.41) is 0. The average molecular weight is 455 g/mol. The SMILES string of the molecule is CC(C)(C)C1CCC(O[Si](C)(C)CC[Si](C)(C)OC2CCC(C(C)(C)C)CC2)CC1. The minimum Gasteiger partial charge on any atom is -0.414 e. The molecule has 2 aliphatic rings. The lowest BCUT2D eigenvalue weighted by molar-refractivity contribution is 0.0803. The molecule has 0 atom stereocenters. The van der Waals surface area contributed by atoms with Crippen LogP contribution in [0.4, 0.5) is 0 Å². The van der Waals surface area contributed by atoms with Gasteiger partial charge in [0, 0.05) is 12.2 Å². The zero-order valence-corrected chi connectivity index (χ0v) is 24.2. The fraction of sp³-hybridized carbons (Fsp3) is 1.00. The van der Waals surface area contributed by atoms with Crippen LogP contribution in [0.3, 0.4) is 0 Å². The molecule has 0 unspecified atom stereocenters. The second kappa shape index (κ2) is 10.1. The molecule has 0 amide bonds. The maximum absolute atomic E-state index is 6.78. The van der Waals surface area contributed by atoms with E-state index < -0.39 is 16.6 Å². The van der Waals surface area contributed by atoms with Gasteiger partial charge >= 0.3 is 0 Å². The first-order valence-corrected chi connectivity index (χ1v) is 19.2. The van der Waals surface area contributed by atoms with Crippen LogP contribution in [0.15, 0.2) is 0 Å². The highest BCUT2D eigenvalue weighted by molar-refractivity contribution is 6.76. The summed E-state index contributed by atoms with van der Waals surface area (Å²) in [6.45, 7) is 24.2. The molecular formula is C26H54O2Si2. The van der Waals surface area contributed by atoms with Gasteiger partial charge in [-0.3, -0.25) is 0 Å². The van der Waals surface area contributed by atoms with E-state index in [0.717, 1.165) is 11.8 Å². The molecule has 2 saturated carbocycles. The Kier molecular flexibility index (Phi) is 8.95. The predicted molar refractivity (Wildman–Crippen MR) is 137 cm³/mol. The van der Waals surface area contributed by atoms with Gasteiger partial charge in [0.05, 0.1) is 0 Å². The smallest absolute Gasteiger partial charge is 0.186 e. The molecule has 0 aliphatic heterocycles.